The molecule has 1 N–H and O–H groups in total. The Morgan fingerprint density at radius 1 is 1.79 bits per heavy atom. The van der Waals surface area contributed by atoms with Crippen LogP contribution in [0.1, 0.15) is 25.1 Å². The van der Waals surface area contributed by atoms with Gasteiger partial charge in [0.25, 0.3) is 0 Å². The van der Waals surface area contributed by atoms with Gasteiger partial charge in [-0.05, 0) is 13.3 Å². The molecule has 5 nitrogen and oxygen atoms in total. The Labute approximate surface area is 82.7 Å². The Morgan fingerprint density at radius 2 is 2.64 bits per heavy atom. The van der Waals surface area contributed by atoms with Gasteiger partial charge in [0.1, 0.15) is 5.69 Å². The Morgan fingerprint density at radius 3 is 3.21 bits per heavy atom. The lowest BCUT2D eigenvalue weighted by Crippen LogP contribution is -2.11. The van der Waals surface area contributed by atoms with E-state index in [-0.39, 0.29) is 0 Å². The van der Waals surface area contributed by atoms with Gasteiger partial charge in [0.2, 0.25) is 0 Å². The summed E-state index contributed by atoms with van der Waals surface area (Å²) in [6, 6.07) is 0. The average Bonchev–Trinajstić information content (AvgIpc) is 2.75. The van der Waals surface area contributed by atoms with Crippen LogP contribution in [0, 0.1) is 5.92 Å². The van der Waals surface area contributed by atoms with E-state index >= 15 is 0 Å². The summed E-state index contributed by atoms with van der Waals surface area (Å²) >= 11 is 0. The predicted octanol–water partition coefficient (Wildman–Crippen LogP) is 0.368. The summed E-state index contributed by atoms with van der Waals surface area (Å²) in [5.74, 6) is 0.540. The van der Waals surface area contributed by atoms with Crippen LogP contribution < -0.4 is 0 Å². The van der Waals surface area contributed by atoms with Crippen molar-refractivity contribution in [3.63, 3.8) is 0 Å². The van der Waals surface area contributed by atoms with Crippen LogP contribution in [-0.4, -0.2) is 33.3 Å². The maximum atomic E-state index is 9.26. The first-order valence-electron chi connectivity index (χ1n) is 4.91. The van der Waals surface area contributed by atoms with Crippen molar-refractivity contribution in [1.82, 2.24) is 15.0 Å². The molecule has 0 bridgehead atoms. The lowest BCUT2D eigenvalue weighted by molar-refractivity contribution is 0.181. The van der Waals surface area contributed by atoms with Crippen molar-refractivity contribution in [3.05, 3.63) is 11.9 Å². The SMILES string of the molecule is CC(O)c1cn(CC2CCOC2)nn1. The molecule has 0 spiro atoms. The quantitative estimate of drug-likeness (QED) is 0.760. The van der Waals surface area contributed by atoms with E-state index in [1.54, 1.807) is 17.8 Å². The monoisotopic (exact) mass is 197 g/mol. The minimum atomic E-state index is -0.538. The first-order chi connectivity index (χ1) is 6.75. The molecule has 0 aromatic carbocycles. The highest BCUT2D eigenvalue weighted by Crippen LogP contribution is 2.15. The Bertz CT molecular complexity index is 292. The number of rotatable bonds is 3. The van der Waals surface area contributed by atoms with E-state index in [1.807, 2.05) is 0 Å². The molecule has 2 unspecified atom stereocenters. The van der Waals surface area contributed by atoms with E-state index in [1.165, 1.54) is 0 Å². The van der Waals surface area contributed by atoms with Crippen LogP contribution in [0.4, 0.5) is 0 Å². The second kappa shape index (κ2) is 4.06. The molecule has 14 heavy (non-hydrogen) atoms. The van der Waals surface area contributed by atoms with Gasteiger partial charge in [-0.15, -0.1) is 5.10 Å². The average molecular weight is 197 g/mol. The summed E-state index contributed by atoms with van der Waals surface area (Å²) in [6.45, 7) is 4.18. The topological polar surface area (TPSA) is 60.2 Å². The zero-order chi connectivity index (χ0) is 9.97. The number of aromatic nitrogens is 3. The van der Waals surface area contributed by atoms with Crippen LogP contribution >= 0.6 is 0 Å². The number of hydrogen-bond acceptors (Lipinski definition) is 4. The second-order valence-electron chi connectivity index (χ2n) is 3.77. The van der Waals surface area contributed by atoms with Crippen molar-refractivity contribution in [1.29, 1.82) is 0 Å². The minimum Gasteiger partial charge on any atom is -0.387 e. The fourth-order valence-electron chi connectivity index (χ4n) is 1.59. The van der Waals surface area contributed by atoms with E-state index in [0.717, 1.165) is 26.2 Å². The maximum Gasteiger partial charge on any atom is 0.111 e. The van der Waals surface area contributed by atoms with Crippen molar-refractivity contribution in [2.24, 2.45) is 5.92 Å². The third kappa shape index (κ3) is 2.10. The van der Waals surface area contributed by atoms with Gasteiger partial charge in [0, 0.05) is 19.1 Å². The molecule has 1 aromatic rings. The molecule has 0 aliphatic carbocycles. The summed E-state index contributed by atoms with van der Waals surface area (Å²) in [4.78, 5) is 0. The van der Waals surface area contributed by atoms with Gasteiger partial charge in [-0.3, -0.25) is 4.68 Å². The largest absolute Gasteiger partial charge is 0.387 e. The van der Waals surface area contributed by atoms with Gasteiger partial charge in [-0.2, -0.15) is 0 Å². The lowest BCUT2D eigenvalue weighted by Gasteiger charge is -2.05. The minimum absolute atomic E-state index is 0.538. The molecular weight excluding hydrogens is 182 g/mol. The van der Waals surface area contributed by atoms with Gasteiger partial charge in [-0.25, -0.2) is 0 Å². The van der Waals surface area contributed by atoms with Crippen molar-refractivity contribution in [3.8, 4) is 0 Å². The van der Waals surface area contributed by atoms with Crippen LogP contribution in [0.3, 0.4) is 0 Å². The maximum absolute atomic E-state index is 9.26. The van der Waals surface area contributed by atoms with E-state index in [2.05, 4.69) is 10.3 Å². The summed E-state index contributed by atoms with van der Waals surface area (Å²) in [7, 11) is 0. The zero-order valence-corrected chi connectivity index (χ0v) is 8.26. The molecular formula is C9H15N3O2. The number of ether oxygens (including phenoxy) is 1. The third-order valence-corrected chi connectivity index (χ3v) is 2.45. The summed E-state index contributed by atoms with van der Waals surface area (Å²) < 4.78 is 7.05. The molecule has 5 heteroatoms. The molecule has 1 aromatic heterocycles. The smallest absolute Gasteiger partial charge is 0.111 e. The van der Waals surface area contributed by atoms with Crippen molar-refractivity contribution in [2.75, 3.05) is 13.2 Å². The fourth-order valence-corrected chi connectivity index (χ4v) is 1.59. The van der Waals surface area contributed by atoms with Crippen LogP contribution in [-0.2, 0) is 11.3 Å². The van der Waals surface area contributed by atoms with E-state index in [4.69, 9.17) is 4.74 Å². The van der Waals surface area contributed by atoms with Gasteiger partial charge in [0.05, 0.1) is 18.9 Å². The molecule has 1 aliphatic heterocycles. The van der Waals surface area contributed by atoms with Crippen molar-refractivity contribution >= 4 is 0 Å². The number of aliphatic hydroxyl groups excluding tert-OH is 1. The van der Waals surface area contributed by atoms with Crippen molar-refractivity contribution in [2.45, 2.75) is 26.0 Å². The summed E-state index contributed by atoms with van der Waals surface area (Å²) in [5.41, 5.74) is 0.629. The Balaban J connectivity index is 1.95. The number of nitrogens with zero attached hydrogens (tertiary/aromatic N) is 3. The first kappa shape index (κ1) is 9.61. The first-order valence-corrected chi connectivity index (χ1v) is 4.91. The van der Waals surface area contributed by atoms with E-state index < -0.39 is 6.10 Å². The lowest BCUT2D eigenvalue weighted by atomic mass is 10.1. The molecule has 0 radical (unpaired) electrons. The fraction of sp³-hybridized carbons (Fsp3) is 0.778. The highest BCUT2D eigenvalue weighted by atomic mass is 16.5. The van der Waals surface area contributed by atoms with Crippen LogP contribution in [0.2, 0.25) is 0 Å². The predicted molar refractivity (Wildman–Crippen MR) is 49.6 cm³/mol. The summed E-state index contributed by atoms with van der Waals surface area (Å²) in [6.07, 6.45) is 2.34. The Kier molecular flexibility index (Phi) is 2.79. The second-order valence-corrected chi connectivity index (χ2v) is 3.77. The van der Waals surface area contributed by atoms with Gasteiger partial charge in [0.15, 0.2) is 0 Å². The summed E-state index contributed by atoms with van der Waals surface area (Å²) in [5, 5.41) is 17.1. The van der Waals surface area contributed by atoms with Crippen molar-refractivity contribution < 1.29 is 9.84 Å². The molecule has 0 saturated carbocycles. The highest BCUT2D eigenvalue weighted by Gasteiger charge is 2.17. The number of hydrogen-bond donors (Lipinski definition) is 1. The molecule has 0 amide bonds. The number of aliphatic hydroxyl groups is 1. The highest BCUT2D eigenvalue weighted by molar-refractivity contribution is 4.95. The van der Waals surface area contributed by atoms with E-state index in [0.29, 0.717) is 11.6 Å². The Hall–Kier alpha value is -0.940. The van der Waals surface area contributed by atoms with Crippen LogP contribution in [0.5, 0.6) is 0 Å². The standard InChI is InChI=1S/C9H15N3O2/c1-7(13)9-5-12(11-10-9)4-8-2-3-14-6-8/h5,7-8,13H,2-4,6H2,1H3. The molecule has 1 fully saturated rings. The molecule has 2 heterocycles. The van der Waals surface area contributed by atoms with E-state index in [9.17, 15) is 5.11 Å². The van der Waals surface area contributed by atoms with Gasteiger partial charge < -0.3 is 9.84 Å². The van der Waals surface area contributed by atoms with Crippen LogP contribution in [0.25, 0.3) is 0 Å². The normalized spacial score (nSPS) is 24.0. The molecule has 2 atom stereocenters. The van der Waals surface area contributed by atoms with Gasteiger partial charge in [-0.1, -0.05) is 5.21 Å². The molecule has 78 valence electrons. The van der Waals surface area contributed by atoms with Crippen LogP contribution in [0.15, 0.2) is 6.20 Å². The zero-order valence-electron chi connectivity index (χ0n) is 8.26. The molecule has 1 aliphatic rings. The molecule has 1 saturated heterocycles. The molecule has 2 rings (SSSR count). The van der Waals surface area contributed by atoms with Gasteiger partial charge >= 0.3 is 0 Å². The third-order valence-electron chi connectivity index (χ3n) is 2.45.